The molecule has 3 rings (SSSR count). The van der Waals surface area contributed by atoms with Crippen molar-refractivity contribution in [2.45, 2.75) is 6.92 Å². The first-order valence-electron chi connectivity index (χ1n) is 7.96. The van der Waals surface area contributed by atoms with Crippen molar-refractivity contribution in [2.24, 2.45) is 0 Å². The van der Waals surface area contributed by atoms with E-state index >= 15 is 0 Å². The number of rotatable bonds is 5. The normalized spacial score (nSPS) is 10.8. The monoisotopic (exact) mass is 371 g/mol. The van der Waals surface area contributed by atoms with E-state index in [0.717, 1.165) is 22.1 Å². The van der Waals surface area contributed by atoms with Gasteiger partial charge in [-0.2, -0.15) is 0 Å². The molecule has 0 amide bonds. The molecule has 1 heterocycles. The highest BCUT2D eigenvalue weighted by Gasteiger charge is 2.21. The second-order valence-corrected chi connectivity index (χ2v) is 6.06. The van der Waals surface area contributed by atoms with Crippen molar-refractivity contribution in [1.29, 1.82) is 0 Å². The van der Waals surface area contributed by atoms with Crippen molar-refractivity contribution in [3.63, 3.8) is 0 Å². The molecule has 0 aliphatic heterocycles. The molecule has 0 saturated heterocycles. The predicted molar refractivity (Wildman–Crippen MR) is 101 cm³/mol. The third-order valence-corrected chi connectivity index (χ3v) is 4.40. The van der Waals surface area contributed by atoms with Crippen LogP contribution in [0.1, 0.15) is 16.1 Å². The standard InChI is InChI=1S/C20H18ClNO4/c1-12-8-9-13(26-11-24-2)10-15(12)17-14-6-4-5-7-16(14)22-19(18(17)21)20(23)25-3/h4-10H,11H2,1-3H3. The predicted octanol–water partition coefficient (Wildman–Crippen LogP) is 4.63. The number of ether oxygens (including phenoxy) is 3. The van der Waals surface area contributed by atoms with Crippen LogP contribution in [0.2, 0.25) is 5.02 Å². The molecule has 1 aromatic heterocycles. The molecule has 0 spiro atoms. The minimum Gasteiger partial charge on any atom is -0.468 e. The smallest absolute Gasteiger partial charge is 0.358 e. The van der Waals surface area contributed by atoms with Crippen molar-refractivity contribution in [1.82, 2.24) is 4.98 Å². The maximum absolute atomic E-state index is 12.1. The highest BCUT2D eigenvalue weighted by atomic mass is 35.5. The Hall–Kier alpha value is -2.63. The van der Waals surface area contributed by atoms with Gasteiger partial charge in [-0.05, 0) is 36.2 Å². The molecule has 0 fully saturated rings. The fraction of sp³-hybridized carbons (Fsp3) is 0.200. The van der Waals surface area contributed by atoms with Gasteiger partial charge in [0.2, 0.25) is 0 Å². The Morgan fingerprint density at radius 1 is 1.15 bits per heavy atom. The third kappa shape index (κ3) is 3.36. The van der Waals surface area contributed by atoms with Gasteiger partial charge in [-0.3, -0.25) is 0 Å². The Labute approximate surface area is 156 Å². The van der Waals surface area contributed by atoms with E-state index in [1.807, 2.05) is 49.4 Å². The van der Waals surface area contributed by atoms with E-state index in [1.165, 1.54) is 7.11 Å². The van der Waals surface area contributed by atoms with Crippen LogP contribution in [0.4, 0.5) is 0 Å². The molecule has 0 radical (unpaired) electrons. The average Bonchev–Trinajstić information content (AvgIpc) is 2.66. The summed E-state index contributed by atoms with van der Waals surface area (Å²) in [7, 11) is 2.87. The Kier molecular flexibility index (Phi) is 5.40. The van der Waals surface area contributed by atoms with E-state index in [9.17, 15) is 4.79 Å². The van der Waals surface area contributed by atoms with Crippen LogP contribution < -0.4 is 4.74 Å². The maximum Gasteiger partial charge on any atom is 0.358 e. The SMILES string of the molecule is COCOc1ccc(C)c(-c2c(Cl)c(C(=O)OC)nc3ccccc23)c1. The van der Waals surface area contributed by atoms with Crippen LogP contribution in [0, 0.1) is 6.92 Å². The van der Waals surface area contributed by atoms with Crippen LogP contribution in [0.15, 0.2) is 42.5 Å². The lowest BCUT2D eigenvalue weighted by Crippen LogP contribution is -2.07. The van der Waals surface area contributed by atoms with Crippen molar-refractivity contribution in [3.05, 3.63) is 58.7 Å². The molecular formula is C20H18ClNO4. The number of para-hydroxylation sites is 1. The average molecular weight is 372 g/mol. The van der Waals surface area contributed by atoms with Gasteiger partial charge in [0, 0.05) is 18.1 Å². The quantitative estimate of drug-likeness (QED) is 0.483. The van der Waals surface area contributed by atoms with Gasteiger partial charge >= 0.3 is 5.97 Å². The minimum absolute atomic E-state index is 0.0884. The highest BCUT2D eigenvalue weighted by molar-refractivity contribution is 6.37. The molecular weight excluding hydrogens is 354 g/mol. The van der Waals surface area contributed by atoms with E-state index in [2.05, 4.69) is 4.98 Å². The van der Waals surface area contributed by atoms with Crippen LogP contribution in [-0.4, -0.2) is 32.0 Å². The summed E-state index contributed by atoms with van der Waals surface area (Å²) in [6, 6.07) is 13.2. The zero-order valence-electron chi connectivity index (χ0n) is 14.7. The van der Waals surface area contributed by atoms with Gasteiger partial charge in [0.25, 0.3) is 0 Å². The van der Waals surface area contributed by atoms with Crippen LogP contribution in [0.5, 0.6) is 5.75 Å². The zero-order valence-corrected chi connectivity index (χ0v) is 15.5. The van der Waals surface area contributed by atoms with E-state index < -0.39 is 5.97 Å². The number of halogens is 1. The Morgan fingerprint density at radius 2 is 1.92 bits per heavy atom. The molecule has 3 aromatic rings. The van der Waals surface area contributed by atoms with Gasteiger partial charge in [0.05, 0.1) is 17.6 Å². The number of hydrogen-bond acceptors (Lipinski definition) is 5. The Morgan fingerprint density at radius 3 is 2.65 bits per heavy atom. The van der Waals surface area contributed by atoms with E-state index in [-0.39, 0.29) is 17.5 Å². The molecule has 0 aliphatic rings. The van der Waals surface area contributed by atoms with Crippen molar-refractivity contribution >= 4 is 28.5 Å². The molecule has 0 aliphatic carbocycles. The second-order valence-electron chi connectivity index (χ2n) is 5.69. The van der Waals surface area contributed by atoms with E-state index in [1.54, 1.807) is 7.11 Å². The van der Waals surface area contributed by atoms with Crippen LogP contribution in [-0.2, 0) is 9.47 Å². The van der Waals surface area contributed by atoms with Crippen molar-refractivity contribution in [3.8, 4) is 16.9 Å². The number of aryl methyl sites for hydroxylation is 1. The molecule has 2 aromatic carbocycles. The molecule has 0 unspecified atom stereocenters. The summed E-state index contributed by atoms with van der Waals surface area (Å²) < 4.78 is 15.3. The highest BCUT2D eigenvalue weighted by Crippen LogP contribution is 2.39. The van der Waals surface area contributed by atoms with E-state index in [0.29, 0.717) is 11.3 Å². The molecule has 0 bridgehead atoms. The van der Waals surface area contributed by atoms with Crippen molar-refractivity contribution in [2.75, 3.05) is 21.0 Å². The first-order valence-corrected chi connectivity index (χ1v) is 8.34. The maximum atomic E-state index is 12.1. The number of fused-ring (bicyclic) bond motifs is 1. The number of methoxy groups -OCH3 is 2. The van der Waals surface area contributed by atoms with Gasteiger partial charge in [-0.25, -0.2) is 9.78 Å². The lowest BCUT2D eigenvalue weighted by Gasteiger charge is -2.15. The first kappa shape index (κ1) is 18.2. The number of benzene rings is 2. The zero-order chi connectivity index (χ0) is 18.7. The molecule has 0 atom stereocenters. The number of hydrogen-bond donors (Lipinski definition) is 0. The molecule has 0 N–H and O–H groups in total. The third-order valence-electron chi connectivity index (χ3n) is 4.03. The Bertz CT molecular complexity index is 971. The van der Waals surface area contributed by atoms with Crippen LogP contribution in [0.3, 0.4) is 0 Å². The summed E-state index contributed by atoms with van der Waals surface area (Å²) in [6.45, 7) is 2.11. The van der Waals surface area contributed by atoms with Gasteiger partial charge < -0.3 is 14.2 Å². The summed E-state index contributed by atoms with van der Waals surface area (Å²) in [5, 5.41) is 1.10. The molecule has 6 heteroatoms. The van der Waals surface area contributed by atoms with Gasteiger partial charge in [-0.1, -0.05) is 35.9 Å². The van der Waals surface area contributed by atoms with Crippen molar-refractivity contribution < 1.29 is 19.0 Å². The number of pyridine rings is 1. The van der Waals surface area contributed by atoms with Crippen LogP contribution in [0.25, 0.3) is 22.0 Å². The minimum atomic E-state index is -0.577. The van der Waals surface area contributed by atoms with Gasteiger partial charge in [-0.15, -0.1) is 0 Å². The fourth-order valence-electron chi connectivity index (χ4n) is 2.77. The first-order chi connectivity index (χ1) is 12.6. The molecule has 26 heavy (non-hydrogen) atoms. The summed E-state index contributed by atoms with van der Waals surface area (Å²) in [6.07, 6.45) is 0. The molecule has 5 nitrogen and oxygen atoms in total. The van der Waals surface area contributed by atoms with Gasteiger partial charge in [0.15, 0.2) is 12.5 Å². The Balaban J connectivity index is 2.30. The lowest BCUT2D eigenvalue weighted by atomic mass is 9.96. The molecule has 134 valence electrons. The molecule has 0 saturated carbocycles. The number of carbonyl (C=O) groups excluding carboxylic acids is 1. The topological polar surface area (TPSA) is 57.7 Å². The number of aromatic nitrogens is 1. The number of carbonyl (C=O) groups is 1. The lowest BCUT2D eigenvalue weighted by molar-refractivity contribution is 0.0511. The summed E-state index contributed by atoms with van der Waals surface area (Å²) in [5.41, 5.74) is 3.31. The van der Waals surface area contributed by atoms with E-state index in [4.69, 9.17) is 25.8 Å². The number of esters is 1. The second kappa shape index (κ2) is 7.72. The summed E-state index contributed by atoms with van der Waals surface area (Å²) >= 11 is 6.60. The fourth-order valence-corrected chi connectivity index (χ4v) is 3.09. The number of nitrogens with zero attached hydrogens (tertiary/aromatic N) is 1. The summed E-state index contributed by atoms with van der Waals surface area (Å²) in [5.74, 6) is 0.0653. The summed E-state index contributed by atoms with van der Waals surface area (Å²) in [4.78, 5) is 16.5. The van der Waals surface area contributed by atoms with Crippen LogP contribution >= 0.6 is 11.6 Å². The largest absolute Gasteiger partial charge is 0.468 e. The van der Waals surface area contributed by atoms with Gasteiger partial charge in [0.1, 0.15) is 5.75 Å².